The maximum absolute atomic E-state index is 14.6. The Kier molecular flexibility index (Phi) is 5.48. The van der Waals surface area contributed by atoms with Gasteiger partial charge in [-0.25, -0.2) is 9.18 Å². The molecule has 1 fully saturated rings. The van der Waals surface area contributed by atoms with Gasteiger partial charge in [0.05, 0.1) is 29.0 Å². The number of hydrogen-bond acceptors (Lipinski definition) is 5. The van der Waals surface area contributed by atoms with Gasteiger partial charge in [-0.1, -0.05) is 12.8 Å². The molecule has 1 aliphatic rings. The molecule has 2 heterocycles. The lowest BCUT2D eigenvalue weighted by Crippen LogP contribution is -2.19. The summed E-state index contributed by atoms with van der Waals surface area (Å²) in [5.41, 5.74) is 1.56. The molecule has 3 rings (SSSR count). The van der Waals surface area contributed by atoms with Crippen LogP contribution in [0.5, 0.6) is 0 Å². The third-order valence-corrected chi connectivity index (χ3v) is 6.65. The number of aromatic nitrogens is 1. The Morgan fingerprint density at radius 1 is 1.32 bits per heavy atom. The number of rotatable bonds is 4. The lowest BCUT2D eigenvalue weighted by molar-refractivity contribution is -0.141. The molecule has 0 bridgehead atoms. The zero-order valence-corrected chi connectivity index (χ0v) is 16.4. The van der Waals surface area contributed by atoms with Gasteiger partial charge in [0, 0.05) is 11.5 Å². The molecule has 0 aliphatic heterocycles. The molecule has 2 aromatic heterocycles. The number of carbonyl (C=O) groups excluding carboxylic acids is 2. The second-order valence-corrected chi connectivity index (χ2v) is 7.89. The second-order valence-electron chi connectivity index (χ2n) is 6.09. The van der Waals surface area contributed by atoms with E-state index in [0.717, 1.165) is 35.0 Å². The average molecular weight is 432 g/mol. The third kappa shape index (κ3) is 3.33. The van der Waals surface area contributed by atoms with E-state index in [1.165, 1.54) is 25.6 Å². The number of nitrogens with zero attached hydrogens (tertiary/aromatic N) is 1. The standard InChI is InChI=1S/C17H19BrFNO4S/c1-23-13(21)8-20-11-7-12(17(22)24-2)25-15(11)14(16(20)18)9-5-3-4-6-10(9)19/h7,9-10H,3-6,8H2,1-2H3. The van der Waals surface area contributed by atoms with Crippen molar-refractivity contribution in [2.45, 2.75) is 44.3 Å². The SMILES string of the molecule is COC(=O)Cn1c(Br)c(C2CCCCC2F)c2sc(C(=O)OC)cc21. The van der Waals surface area contributed by atoms with Crippen molar-refractivity contribution in [1.29, 1.82) is 0 Å². The third-order valence-electron chi connectivity index (χ3n) is 4.66. The van der Waals surface area contributed by atoms with Gasteiger partial charge in [0.2, 0.25) is 0 Å². The molecule has 1 aliphatic carbocycles. The Morgan fingerprint density at radius 2 is 2.04 bits per heavy atom. The molecular weight excluding hydrogens is 413 g/mol. The number of hydrogen-bond donors (Lipinski definition) is 0. The number of halogens is 2. The van der Waals surface area contributed by atoms with Crippen molar-refractivity contribution < 1.29 is 23.5 Å². The summed E-state index contributed by atoms with van der Waals surface area (Å²) in [6, 6.07) is 1.69. The van der Waals surface area contributed by atoms with Crippen molar-refractivity contribution >= 4 is 49.4 Å². The van der Waals surface area contributed by atoms with Gasteiger partial charge >= 0.3 is 11.9 Å². The Morgan fingerprint density at radius 3 is 2.68 bits per heavy atom. The monoisotopic (exact) mass is 431 g/mol. The number of fused-ring (bicyclic) bond motifs is 1. The summed E-state index contributed by atoms with van der Waals surface area (Å²) >= 11 is 4.83. The first kappa shape index (κ1) is 18.4. The van der Waals surface area contributed by atoms with Crippen molar-refractivity contribution in [2.24, 2.45) is 0 Å². The molecule has 0 saturated heterocycles. The highest BCUT2D eigenvalue weighted by Gasteiger charge is 2.33. The largest absolute Gasteiger partial charge is 0.468 e. The molecule has 2 aromatic rings. The van der Waals surface area contributed by atoms with Crippen molar-refractivity contribution in [3.63, 3.8) is 0 Å². The first-order valence-corrected chi connectivity index (χ1v) is 9.69. The van der Waals surface area contributed by atoms with Gasteiger partial charge in [-0.3, -0.25) is 4.79 Å². The molecule has 2 atom stereocenters. The van der Waals surface area contributed by atoms with E-state index in [9.17, 15) is 14.0 Å². The zero-order chi connectivity index (χ0) is 18.1. The Hall–Kier alpha value is -1.41. The first-order chi connectivity index (χ1) is 12.0. The van der Waals surface area contributed by atoms with Crippen LogP contribution < -0.4 is 0 Å². The maximum Gasteiger partial charge on any atom is 0.348 e. The molecular formula is C17H19BrFNO4S. The van der Waals surface area contributed by atoms with Crippen LogP contribution in [-0.2, 0) is 20.8 Å². The predicted molar refractivity (Wildman–Crippen MR) is 97.0 cm³/mol. The quantitative estimate of drug-likeness (QED) is 0.672. The first-order valence-electron chi connectivity index (χ1n) is 8.08. The highest BCUT2D eigenvalue weighted by Crippen LogP contribution is 2.46. The minimum Gasteiger partial charge on any atom is -0.468 e. The zero-order valence-electron chi connectivity index (χ0n) is 14.0. The van der Waals surface area contributed by atoms with Crippen LogP contribution in [0.15, 0.2) is 10.7 Å². The van der Waals surface area contributed by atoms with E-state index in [0.29, 0.717) is 15.9 Å². The van der Waals surface area contributed by atoms with Gasteiger partial charge in [0.25, 0.3) is 0 Å². The highest BCUT2D eigenvalue weighted by molar-refractivity contribution is 9.10. The van der Waals surface area contributed by atoms with Gasteiger partial charge in [0.1, 0.15) is 17.6 Å². The van der Waals surface area contributed by atoms with Crippen LogP contribution in [0.25, 0.3) is 10.2 Å². The molecule has 5 nitrogen and oxygen atoms in total. The molecule has 0 radical (unpaired) electrons. The second kappa shape index (κ2) is 7.45. The smallest absolute Gasteiger partial charge is 0.348 e. The summed E-state index contributed by atoms with van der Waals surface area (Å²) in [4.78, 5) is 24.1. The number of carbonyl (C=O) groups is 2. The molecule has 1 saturated carbocycles. The molecule has 2 unspecified atom stereocenters. The van der Waals surface area contributed by atoms with Crippen molar-refractivity contribution in [3.8, 4) is 0 Å². The van der Waals surface area contributed by atoms with Crippen LogP contribution in [0.4, 0.5) is 4.39 Å². The molecule has 8 heteroatoms. The van der Waals surface area contributed by atoms with Gasteiger partial charge in [-0.05, 0) is 34.8 Å². The van der Waals surface area contributed by atoms with E-state index in [4.69, 9.17) is 9.47 Å². The maximum atomic E-state index is 14.6. The molecule has 136 valence electrons. The van der Waals surface area contributed by atoms with Crippen LogP contribution >= 0.6 is 27.3 Å². The fourth-order valence-electron chi connectivity index (χ4n) is 3.40. The van der Waals surface area contributed by atoms with Crippen LogP contribution in [0.2, 0.25) is 0 Å². The van der Waals surface area contributed by atoms with Crippen molar-refractivity contribution in [3.05, 3.63) is 21.1 Å². The topological polar surface area (TPSA) is 57.5 Å². The summed E-state index contributed by atoms with van der Waals surface area (Å²) in [7, 11) is 2.65. The van der Waals surface area contributed by atoms with Gasteiger partial charge in [-0.2, -0.15) is 0 Å². The van der Waals surface area contributed by atoms with Crippen LogP contribution in [0, 0.1) is 0 Å². The normalized spacial score (nSPS) is 20.6. The lowest BCUT2D eigenvalue weighted by atomic mass is 9.83. The van der Waals surface area contributed by atoms with Crippen molar-refractivity contribution in [2.75, 3.05) is 14.2 Å². The van der Waals surface area contributed by atoms with Crippen LogP contribution in [0.3, 0.4) is 0 Å². The van der Waals surface area contributed by atoms with Crippen molar-refractivity contribution in [1.82, 2.24) is 4.57 Å². The van der Waals surface area contributed by atoms with E-state index >= 15 is 0 Å². The number of thiophene rings is 1. The summed E-state index contributed by atoms with van der Waals surface area (Å²) < 4.78 is 27.4. The lowest BCUT2D eigenvalue weighted by Gasteiger charge is -2.26. The van der Waals surface area contributed by atoms with E-state index in [2.05, 4.69) is 15.9 Å². The number of alkyl halides is 1. The number of esters is 2. The molecule has 0 spiro atoms. The fourth-order valence-corrected chi connectivity index (χ4v) is 5.53. The Balaban J connectivity index is 2.16. The van der Waals surface area contributed by atoms with Gasteiger partial charge < -0.3 is 14.0 Å². The number of ether oxygens (including phenoxy) is 2. The summed E-state index contributed by atoms with van der Waals surface area (Å²) in [5.74, 6) is -1.09. The van der Waals surface area contributed by atoms with Crippen LogP contribution in [0.1, 0.15) is 46.8 Å². The summed E-state index contributed by atoms with van der Waals surface area (Å²) in [5, 5.41) is 0. The predicted octanol–water partition coefficient (Wildman–Crippen LogP) is 4.42. The molecule has 0 amide bonds. The van der Waals surface area contributed by atoms with Crippen LogP contribution in [-0.4, -0.2) is 36.9 Å². The molecule has 0 aromatic carbocycles. The molecule has 0 N–H and O–H groups in total. The Bertz CT molecular complexity index is 815. The van der Waals surface area contributed by atoms with E-state index < -0.39 is 18.1 Å². The highest BCUT2D eigenvalue weighted by atomic mass is 79.9. The van der Waals surface area contributed by atoms with Gasteiger partial charge in [-0.15, -0.1) is 11.3 Å². The van der Waals surface area contributed by atoms with Gasteiger partial charge in [0.15, 0.2) is 0 Å². The molecule has 25 heavy (non-hydrogen) atoms. The minimum atomic E-state index is -0.925. The summed E-state index contributed by atoms with van der Waals surface area (Å²) in [6.07, 6.45) is 2.22. The van der Waals surface area contributed by atoms with E-state index in [1.54, 1.807) is 10.6 Å². The Labute approximate surface area is 157 Å². The minimum absolute atomic E-state index is 0.00536. The number of methoxy groups -OCH3 is 2. The summed E-state index contributed by atoms with van der Waals surface area (Å²) in [6.45, 7) is -0.00536. The van der Waals surface area contributed by atoms with E-state index in [-0.39, 0.29) is 12.5 Å². The average Bonchev–Trinajstić information content (AvgIpc) is 3.14. The fraction of sp³-hybridized carbons (Fsp3) is 0.529. The van der Waals surface area contributed by atoms with E-state index in [1.807, 2.05) is 0 Å².